The minimum atomic E-state index is -0.912. The molecular weight excluding hydrogens is 410 g/mol. The number of hydrogen-bond donors (Lipinski definition) is 2. The second-order valence-electron chi connectivity index (χ2n) is 10.1. The molecule has 1 saturated heterocycles. The average molecular weight is 440 g/mol. The van der Waals surface area contributed by atoms with Gasteiger partial charge in [-0.1, -0.05) is 68.8 Å². The Morgan fingerprint density at radius 2 is 1.81 bits per heavy atom. The van der Waals surface area contributed by atoms with Gasteiger partial charge in [-0.15, -0.1) is 0 Å². The van der Waals surface area contributed by atoms with E-state index in [-0.39, 0.29) is 29.2 Å². The number of nitrogens with zero attached hydrogens (tertiary/aromatic N) is 1. The molecule has 2 aromatic rings. The van der Waals surface area contributed by atoms with E-state index in [1.807, 2.05) is 42.5 Å². The lowest BCUT2D eigenvalue weighted by Crippen LogP contribution is -2.49. The van der Waals surface area contributed by atoms with Crippen LogP contribution in [0.25, 0.3) is 0 Å². The van der Waals surface area contributed by atoms with E-state index in [0.717, 1.165) is 23.2 Å². The molecule has 1 fully saturated rings. The first-order valence-electron chi connectivity index (χ1n) is 10.7. The van der Waals surface area contributed by atoms with Gasteiger partial charge < -0.3 is 15.5 Å². The smallest absolute Gasteiger partial charge is 0.239 e. The Balaban J connectivity index is 1.99. The summed E-state index contributed by atoms with van der Waals surface area (Å²) in [4.78, 5) is 28.8. The Hall–Kier alpha value is -2.37. The van der Waals surface area contributed by atoms with Crippen molar-refractivity contribution in [1.82, 2.24) is 10.2 Å². The van der Waals surface area contributed by atoms with E-state index in [0.29, 0.717) is 5.02 Å². The van der Waals surface area contributed by atoms with Crippen molar-refractivity contribution in [1.29, 1.82) is 0 Å². The number of hydrogen-bond acceptors (Lipinski definition) is 3. The van der Waals surface area contributed by atoms with Crippen LogP contribution in [-0.4, -0.2) is 42.9 Å². The molecule has 2 heterocycles. The zero-order chi connectivity index (χ0) is 22.6. The van der Waals surface area contributed by atoms with Crippen LogP contribution in [0, 0.1) is 5.41 Å². The molecule has 2 aliphatic rings. The van der Waals surface area contributed by atoms with Gasteiger partial charge in [0.15, 0.2) is 0 Å². The topological polar surface area (TPSA) is 61.4 Å². The van der Waals surface area contributed by atoms with Crippen molar-refractivity contribution < 1.29 is 9.59 Å². The number of nitrogens with one attached hydrogen (secondary N) is 2. The lowest BCUT2D eigenvalue weighted by molar-refractivity contribution is -0.131. The molecule has 164 valence electrons. The molecule has 0 radical (unpaired) electrons. The van der Waals surface area contributed by atoms with Crippen molar-refractivity contribution in [2.45, 2.75) is 50.6 Å². The van der Waals surface area contributed by atoms with Crippen LogP contribution in [0.3, 0.4) is 0 Å². The monoisotopic (exact) mass is 439 g/mol. The molecule has 31 heavy (non-hydrogen) atoms. The summed E-state index contributed by atoms with van der Waals surface area (Å²) in [6.45, 7) is 6.49. The first-order chi connectivity index (χ1) is 14.6. The highest BCUT2D eigenvalue weighted by Crippen LogP contribution is 2.56. The largest absolute Gasteiger partial charge is 0.347 e. The molecule has 4 rings (SSSR count). The van der Waals surface area contributed by atoms with E-state index in [1.165, 1.54) is 0 Å². The van der Waals surface area contributed by atoms with Gasteiger partial charge in [0.25, 0.3) is 0 Å². The highest BCUT2D eigenvalue weighted by molar-refractivity contribution is 6.31. The fourth-order valence-corrected chi connectivity index (χ4v) is 5.52. The number of amides is 2. The average Bonchev–Trinajstić information content (AvgIpc) is 3.16. The molecule has 0 unspecified atom stereocenters. The molecule has 1 spiro atoms. The van der Waals surface area contributed by atoms with E-state index in [4.69, 9.17) is 11.6 Å². The summed E-state index contributed by atoms with van der Waals surface area (Å²) in [7, 11) is 3.52. The molecule has 2 N–H and O–H groups in total. The van der Waals surface area contributed by atoms with E-state index in [1.54, 1.807) is 25.1 Å². The van der Waals surface area contributed by atoms with Crippen molar-refractivity contribution in [3.8, 4) is 0 Å². The fraction of sp³-hybridized carbons (Fsp3) is 0.440. The molecular formula is C25H30ClN3O2. The molecule has 0 aliphatic carbocycles. The van der Waals surface area contributed by atoms with Gasteiger partial charge in [-0.2, -0.15) is 0 Å². The highest BCUT2D eigenvalue weighted by atomic mass is 35.5. The Labute approximate surface area is 189 Å². The lowest BCUT2D eigenvalue weighted by Gasteiger charge is -2.37. The summed E-state index contributed by atoms with van der Waals surface area (Å²) >= 11 is 6.26. The molecule has 0 bridgehead atoms. The van der Waals surface area contributed by atoms with E-state index in [9.17, 15) is 9.59 Å². The number of benzene rings is 2. The third-order valence-corrected chi connectivity index (χ3v) is 6.72. The number of fused-ring (bicyclic) bond motifs is 2. The summed E-state index contributed by atoms with van der Waals surface area (Å²) in [6, 6.07) is 14.8. The Morgan fingerprint density at radius 3 is 2.42 bits per heavy atom. The first-order valence-corrected chi connectivity index (χ1v) is 11.1. The van der Waals surface area contributed by atoms with Crippen LogP contribution in [0.4, 0.5) is 5.69 Å². The summed E-state index contributed by atoms with van der Waals surface area (Å²) in [5.74, 6) is -0.451. The van der Waals surface area contributed by atoms with Gasteiger partial charge in [0.2, 0.25) is 11.8 Å². The van der Waals surface area contributed by atoms with Crippen molar-refractivity contribution in [3.63, 3.8) is 0 Å². The van der Waals surface area contributed by atoms with Crippen LogP contribution in [0.15, 0.2) is 48.5 Å². The number of rotatable bonds is 3. The predicted molar refractivity (Wildman–Crippen MR) is 124 cm³/mol. The number of anilines is 1. The van der Waals surface area contributed by atoms with Crippen LogP contribution in [0.1, 0.15) is 44.2 Å². The van der Waals surface area contributed by atoms with Gasteiger partial charge in [0.05, 0.1) is 6.04 Å². The van der Waals surface area contributed by atoms with Crippen LogP contribution in [0.5, 0.6) is 0 Å². The van der Waals surface area contributed by atoms with Gasteiger partial charge >= 0.3 is 0 Å². The zero-order valence-corrected chi connectivity index (χ0v) is 19.5. The highest BCUT2D eigenvalue weighted by Gasteiger charge is 2.65. The zero-order valence-electron chi connectivity index (χ0n) is 18.7. The molecule has 4 atom stereocenters. The third kappa shape index (κ3) is 3.54. The van der Waals surface area contributed by atoms with Gasteiger partial charge in [0.1, 0.15) is 5.41 Å². The maximum atomic E-state index is 13.9. The van der Waals surface area contributed by atoms with Gasteiger partial charge in [-0.05, 0) is 35.1 Å². The van der Waals surface area contributed by atoms with Crippen molar-refractivity contribution in [2.24, 2.45) is 5.41 Å². The third-order valence-electron chi connectivity index (χ3n) is 6.49. The normalized spacial score (nSPS) is 27.3. The maximum absolute atomic E-state index is 13.9. The van der Waals surface area contributed by atoms with Gasteiger partial charge in [0, 0.05) is 36.8 Å². The van der Waals surface area contributed by atoms with Crippen molar-refractivity contribution in [2.75, 3.05) is 19.4 Å². The lowest BCUT2D eigenvalue weighted by atomic mass is 9.62. The predicted octanol–water partition coefficient (Wildman–Crippen LogP) is 4.18. The second-order valence-corrected chi connectivity index (χ2v) is 10.5. The van der Waals surface area contributed by atoms with E-state index >= 15 is 0 Å². The second kappa shape index (κ2) is 7.64. The molecule has 0 saturated carbocycles. The Morgan fingerprint density at radius 1 is 1.13 bits per heavy atom. The summed E-state index contributed by atoms with van der Waals surface area (Å²) < 4.78 is 0. The summed E-state index contributed by atoms with van der Waals surface area (Å²) in [6.07, 6.45) is 0.739. The van der Waals surface area contributed by atoms with E-state index < -0.39 is 11.5 Å². The number of carbonyl (C=O) groups excluding carboxylic acids is 2. The Bertz CT molecular complexity index is 1020. The Kier molecular flexibility index (Phi) is 5.39. The number of carbonyl (C=O) groups is 2. The standard InChI is InChI=1S/C25H30ClN3O2/c1-24(2,3)14-19-25(17-12-11-16(26)13-18(17)27-23(25)31)20(15-9-7-6-8-10-15)21(28-19)22(30)29(4)5/h6-13,19-21,28H,14H2,1-5H3,(H,27,31)/t19-,20+,21-,25+/m1/s1. The van der Waals surface area contributed by atoms with Crippen LogP contribution in [-0.2, 0) is 15.0 Å². The molecule has 5 nitrogen and oxygen atoms in total. The summed E-state index contributed by atoms with van der Waals surface area (Å²) in [5, 5.41) is 7.27. The SMILES string of the molecule is CN(C)C(=O)[C@@H]1N[C@H](CC(C)(C)C)[C@]2(C(=O)Nc3cc(Cl)ccc32)[C@H]1c1ccccc1. The molecule has 2 aromatic carbocycles. The molecule has 0 aromatic heterocycles. The molecule has 6 heteroatoms. The van der Waals surface area contributed by atoms with E-state index in [2.05, 4.69) is 31.4 Å². The minimum absolute atomic E-state index is 0.0279. The van der Waals surface area contributed by atoms with Crippen LogP contribution >= 0.6 is 11.6 Å². The fourth-order valence-electron chi connectivity index (χ4n) is 5.35. The molecule has 2 aliphatic heterocycles. The van der Waals surface area contributed by atoms with Crippen LogP contribution < -0.4 is 10.6 Å². The van der Waals surface area contributed by atoms with Crippen molar-refractivity contribution >= 4 is 29.1 Å². The quantitative estimate of drug-likeness (QED) is 0.754. The minimum Gasteiger partial charge on any atom is -0.347 e. The first kappa shape index (κ1) is 21.8. The number of likely N-dealkylation sites (N-methyl/N-ethyl adjacent to an activating group) is 1. The van der Waals surface area contributed by atoms with Crippen LogP contribution in [0.2, 0.25) is 5.02 Å². The van der Waals surface area contributed by atoms with Gasteiger partial charge in [-0.3, -0.25) is 9.59 Å². The maximum Gasteiger partial charge on any atom is 0.239 e. The molecule has 2 amide bonds. The number of halogens is 1. The van der Waals surface area contributed by atoms with Crippen molar-refractivity contribution in [3.05, 3.63) is 64.7 Å². The van der Waals surface area contributed by atoms with Gasteiger partial charge in [-0.25, -0.2) is 0 Å². The summed E-state index contributed by atoms with van der Waals surface area (Å²) in [5.41, 5.74) is 1.66.